The van der Waals surface area contributed by atoms with Crippen molar-refractivity contribution in [3.63, 3.8) is 0 Å². The number of ether oxygens (including phenoxy) is 1. The number of anilines is 3. The van der Waals surface area contributed by atoms with Gasteiger partial charge in [0.25, 0.3) is 0 Å². The van der Waals surface area contributed by atoms with E-state index in [9.17, 15) is 0 Å². The molecule has 0 bridgehead atoms. The maximum atomic E-state index is 7.38. The maximum Gasteiger partial charge on any atom is 0.140 e. The van der Waals surface area contributed by atoms with Crippen molar-refractivity contribution in [1.29, 1.82) is 0 Å². The van der Waals surface area contributed by atoms with Crippen LogP contribution in [0, 0.1) is 0 Å². The summed E-state index contributed by atoms with van der Waals surface area (Å²) in [6.45, 7) is 0. The van der Waals surface area contributed by atoms with Crippen LogP contribution in [0.1, 0.15) is 39.8 Å². The minimum atomic E-state index is -0.648. The molecule has 2 aliphatic carbocycles. The molecular weight excluding hydrogens is 807 g/mol. The molecule has 1 aromatic heterocycles. The molecular formula is C62H41NOS. The summed E-state index contributed by atoms with van der Waals surface area (Å²) in [5, 5.41) is 4.93. The predicted octanol–water partition coefficient (Wildman–Crippen LogP) is 17.0. The van der Waals surface area contributed by atoms with E-state index in [2.05, 4.69) is 217 Å². The Morgan fingerprint density at radius 1 is 0.415 bits per heavy atom. The topological polar surface area (TPSA) is 12.5 Å². The van der Waals surface area contributed by atoms with E-state index in [1.807, 2.05) is 11.3 Å². The molecule has 14 rings (SSSR count). The van der Waals surface area contributed by atoms with Gasteiger partial charge in [-0.15, -0.1) is 11.3 Å². The first-order valence-electron chi connectivity index (χ1n) is 22.8. The Morgan fingerprint density at radius 2 is 1.09 bits per heavy atom. The lowest BCUT2D eigenvalue weighted by molar-refractivity contribution is 0.438. The molecule has 0 unspecified atom stereocenters. The second-order valence-corrected chi connectivity index (χ2v) is 18.9. The van der Waals surface area contributed by atoms with Crippen molar-refractivity contribution in [3.05, 3.63) is 246 Å². The molecule has 0 amide bonds. The summed E-state index contributed by atoms with van der Waals surface area (Å²) in [6.07, 6.45) is 3.42. The highest BCUT2D eigenvalue weighted by Gasteiger charge is 2.52. The second kappa shape index (κ2) is 14.1. The monoisotopic (exact) mass is 847 g/mol. The zero-order chi connectivity index (χ0) is 42.6. The van der Waals surface area contributed by atoms with Crippen LogP contribution in [0.5, 0.6) is 11.5 Å². The molecule has 2 heterocycles. The molecule has 3 heteroatoms. The molecule has 1 spiro atoms. The number of benzene rings is 10. The number of para-hydroxylation sites is 1. The molecule has 65 heavy (non-hydrogen) atoms. The molecule has 306 valence electrons. The lowest BCUT2D eigenvalue weighted by Gasteiger charge is -2.41. The van der Waals surface area contributed by atoms with E-state index >= 15 is 0 Å². The first-order chi connectivity index (χ1) is 32.2. The summed E-state index contributed by atoms with van der Waals surface area (Å²) in [5.74, 6) is 1.82. The van der Waals surface area contributed by atoms with Crippen LogP contribution < -0.4 is 9.64 Å². The van der Waals surface area contributed by atoms with Crippen molar-refractivity contribution < 1.29 is 4.74 Å². The van der Waals surface area contributed by atoms with Crippen LogP contribution in [-0.4, -0.2) is 0 Å². The molecule has 0 atom stereocenters. The molecule has 0 fully saturated rings. The van der Waals surface area contributed by atoms with E-state index in [4.69, 9.17) is 4.74 Å². The van der Waals surface area contributed by atoms with Crippen LogP contribution in [0.25, 0.3) is 64.3 Å². The minimum absolute atomic E-state index is 0.648. The second-order valence-electron chi connectivity index (χ2n) is 17.8. The average molecular weight is 848 g/mol. The number of hydrogen-bond donors (Lipinski definition) is 0. The van der Waals surface area contributed by atoms with Crippen molar-refractivity contribution in [1.82, 2.24) is 0 Å². The maximum absolute atomic E-state index is 7.38. The molecule has 1 aliphatic heterocycles. The number of aryl methyl sites for hydroxylation is 2. The summed E-state index contributed by atoms with van der Waals surface area (Å²) < 4.78 is 9.93. The van der Waals surface area contributed by atoms with Gasteiger partial charge in [0.05, 0.1) is 16.8 Å². The first-order valence-corrected chi connectivity index (χ1v) is 23.6. The van der Waals surface area contributed by atoms with Crippen LogP contribution >= 0.6 is 11.3 Å². The largest absolute Gasteiger partial charge is 0.456 e. The average Bonchev–Trinajstić information content (AvgIpc) is 4.08. The van der Waals surface area contributed by atoms with Gasteiger partial charge in [-0.3, -0.25) is 0 Å². The smallest absolute Gasteiger partial charge is 0.140 e. The number of fused-ring (bicyclic) bond motifs is 14. The molecule has 10 aromatic carbocycles. The summed E-state index contributed by atoms with van der Waals surface area (Å²) in [4.78, 5) is 2.57. The number of rotatable bonds is 5. The van der Waals surface area contributed by atoms with Crippen molar-refractivity contribution in [2.45, 2.75) is 24.7 Å². The van der Waals surface area contributed by atoms with Crippen molar-refractivity contribution in [2.75, 3.05) is 4.90 Å². The van der Waals surface area contributed by atoms with Gasteiger partial charge in [-0.25, -0.2) is 0 Å². The van der Waals surface area contributed by atoms with Gasteiger partial charge < -0.3 is 9.64 Å². The van der Waals surface area contributed by atoms with E-state index in [0.29, 0.717) is 0 Å². The molecule has 0 saturated carbocycles. The zero-order valence-corrected chi connectivity index (χ0v) is 36.4. The normalized spacial score (nSPS) is 13.9. The summed E-state index contributed by atoms with van der Waals surface area (Å²) >= 11 is 1.87. The van der Waals surface area contributed by atoms with Gasteiger partial charge in [-0.05, 0) is 117 Å². The fourth-order valence-corrected chi connectivity index (χ4v) is 12.8. The number of thiophene rings is 1. The lowest BCUT2D eigenvalue weighted by atomic mass is 9.65. The van der Waals surface area contributed by atoms with E-state index < -0.39 is 5.41 Å². The van der Waals surface area contributed by atoms with Crippen LogP contribution in [0.15, 0.2) is 212 Å². The van der Waals surface area contributed by atoms with Gasteiger partial charge in [0.2, 0.25) is 0 Å². The summed E-state index contributed by atoms with van der Waals surface area (Å²) in [6, 6.07) is 79.2. The van der Waals surface area contributed by atoms with Crippen LogP contribution in [-0.2, 0) is 18.3 Å². The third kappa shape index (κ3) is 5.28. The van der Waals surface area contributed by atoms with Gasteiger partial charge >= 0.3 is 0 Å². The SMILES string of the molecule is c1ccc(-c2ccc(N(c3cc(-c4ccc5c(c4)CCC5)c4c(c3)C3(c5ccccc5O4)c4ccccc4-c4ccccc43)c3cccc4sc5ccccc5c34)c3ccccc23)cc1. The Bertz CT molecular complexity index is 3700. The van der Waals surface area contributed by atoms with Crippen LogP contribution in [0.4, 0.5) is 17.1 Å². The standard InChI is InChI=1S/C62H41NOS/c1-2-16-40(17-3-1)44-34-35-55(48-23-5-4-20-45(44)48)63(56-28-15-31-59-60(56)49-24-8-13-30-58(49)65-59)43-37-50(42-33-32-39-18-14-19-41(39)36-42)61-54(38-43)62(53-27-11-12-29-57(53)64-61)51-25-9-6-21-46(51)47-22-7-10-26-52(47)62/h1-13,15-17,20-38H,14,18-19H2. The van der Waals surface area contributed by atoms with Gasteiger partial charge in [-0.2, -0.15) is 0 Å². The molecule has 0 radical (unpaired) electrons. The Hall–Kier alpha value is -7.72. The summed E-state index contributed by atoms with van der Waals surface area (Å²) in [5.41, 5.74) is 17.7. The van der Waals surface area contributed by atoms with Crippen LogP contribution in [0.2, 0.25) is 0 Å². The molecule has 11 aromatic rings. The third-order valence-electron chi connectivity index (χ3n) is 14.4. The van der Waals surface area contributed by atoms with Crippen LogP contribution in [0.3, 0.4) is 0 Å². The van der Waals surface area contributed by atoms with Gasteiger partial charge in [0, 0.05) is 47.9 Å². The number of hydrogen-bond acceptors (Lipinski definition) is 3. The van der Waals surface area contributed by atoms with Gasteiger partial charge in [0.1, 0.15) is 11.5 Å². The minimum Gasteiger partial charge on any atom is -0.456 e. The Balaban J connectivity index is 1.15. The van der Waals surface area contributed by atoms with E-state index in [1.54, 1.807) is 0 Å². The fourth-order valence-electron chi connectivity index (χ4n) is 11.7. The molecule has 0 saturated heterocycles. The van der Waals surface area contributed by atoms with Gasteiger partial charge in [-0.1, -0.05) is 170 Å². The molecule has 0 N–H and O–H groups in total. The quantitative estimate of drug-likeness (QED) is 0.171. The Morgan fingerprint density at radius 3 is 1.92 bits per heavy atom. The zero-order valence-electron chi connectivity index (χ0n) is 35.6. The fraction of sp³-hybridized carbons (Fsp3) is 0.0645. The van der Waals surface area contributed by atoms with Gasteiger partial charge in [0.15, 0.2) is 0 Å². The van der Waals surface area contributed by atoms with E-state index in [-0.39, 0.29) is 0 Å². The molecule has 3 aliphatic rings. The van der Waals surface area contributed by atoms with E-state index in [1.165, 1.54) is 87.4 Å². The predicted molar refractivity (Wildman–Crippen MR) is 272 cm³/mol. The third-order valence-corrected chi connectivity index (χ3v) is 15.6. The molecule has 2 nitrogen and oxygen atoms in total. The highest BCUT2D eigenvalue weighted by molar-refractivity contribution is 7.26. The highest BCUT2D eigenvalue weighted by Crippen LogP contribution is 2.64. The lowest BCUT2D eigenvalue weighted by Crippen LogP contribution is -2.32. The van der Waals surface area contributed by atoms with E-state index in [0.717, 1.165) is 58.1 Å². The van der Waals surface area contributed by atoms with Crippen molar-refractivity contribution >= 4 is 59.3 Å². The summed E-state index contributed by atoms with van der Waals surface area (Å²) in [7, 11) is 0. The Labute approximate surface area is 382 Å². The number of nitrogens with zero attached hydrogens (tertiary/aromatic N) is 1. The van der Waals surface area contributed by atoms with Crippen molar-refractivity contribution in [3.8, 4) is 44.9 Å². The Kier molecular flexibility index (Phi) is 7.99. The van der Waals surface area contributed by atoms with Crippen molar-refractivity contribution in [2.24, 2.45) is 0 Å². The first kappa shape index (κ1) is 36.7. The highest BCUT2D eigenvalue weighted by atomic mass is 32.1.